The molecule has 0 radical (unpaired) electrons. The summed E-state index contributed by atoms with van der Waals surface area (Å²) in [5.74, 6) is 0. The molecule has 0 amide bonds. The van der Waals surface area contributed by atoms with Crippen molar-refractivity contribution < 1.29 is 0 Å². The van der Waals surface area contributed by atoms with E-state index in [4.69, 9.17) is 0 Å². The maximum absolute atomic E-state index is 3.54. The fourth-order valence-corrected chi connectivity index (χ4v) is 2.24. The molecule has 1 aromatic rings. The summed E-state index contributed by atoms with van der Waals surface area (Å²) < 4.78 is 0. The van der Waals surface area contributed by atoms with E-state index in [1.54, 1.807) is 0 Å². The summed E-state index contributed by atoms with van der Waals surface area (Å²) in [6.45, 7) is 8.96. The number of hydrogen-bond acceptors (Lipinski definition) is 2. The van der Waals surface area contributed by atoms with E-state index in [-0.39, 0.29) is 0 Å². The van der Waals surface area contributed by atoms with Gasteiger partial charge < -0.3 is 10.2 Å². The fourth-order valence-electron chi connectivity index (χ4n) is 2.24. The van der Waals surface area contributed by atoms with Crippen LogP contribution in [-0.4, -0.2) is 26.2 Å². The van der Waals surface area contributed by atoms with Crippen molar-refractivity contribution in [1.29, 1.82) is 0 Å². The molecule has 0 saturated carbocycles. The SMILES string of the molecule is CCCNC(C)CCCN(C)c1ccc(CC)cc1. The van der Waals surface area contributed by atoms with Crippen LogP contribution in [0.2, 0.25) is 0 Å². The van der Waals surface area contributed by atoms with Crippen molar-refractivity contribution in [2.45, 2.75) is 52.5 Å². The van der Waals surface area contributed by atoms with Gasteiger partial charge in [0.05, 0.1) is 0 Å². The molecule has 1 N–H and O–H groups in total. The summed E-state index contributed by atoms with van der Waals surface area (Å²) in [4.78, 5) is 2.35. The maximum atomic E-state index is 3.54. The molecule has 1 unspecified atom stereocenters. The second-order valence-corrected chi connectivity index (χ2v) is 5.44. The van der Waals surface area contributed by atoms with Gasteiger partial charge in [-0.3, -0.25) is 0 Å². The zero-order valence-corrected chi connectivity index (χ0v) is 13.1. The summed E-state index contributed by atoms with van der Waals surface area (Å²) in [6, 6.07) is 9.57. The van der Waals surface area contributed by atoms with Crippen molar-refractivity contribution >= 4 is 5.69 Å². The molecule has 0 aliphatic rings. The Morgan fingerprint density at radius 1 is 1.16 bits per heavy atom. The van der Waals surface area contributed by atoms with Crippen LogP contribution in [0.25, 0.3) is 0 Å². The molecule has 2 nitrogen and oxygen atoms in total. The number of rotatable bonds is 9. The Labute approximate surface area is 119 Å². The topological polar surface area (TPSA) is 15.3 Å². The minimum atomic E-state index is 0.635. The molecular weight excluding hydrogens is 232 g/mol. The number of aryl methyl sites for hydroxylation is 1. The average molecular weight is 262 g/mol. The van der Waals surface area contributed by atoms with Crippen LogP contribution in [0.3, 0.4) is 0 Å². The molecule has 1 aromatic carbocycles. The minimum absolute atomic E-state index is 0.635. The Bertz CT molecular complexity index is 332. The lowest BCUT2D eigenvalue weighted by Crippen LogP contribution is -2.28. The minimum Gasteiger partial charge on any atom is -0.375 e. The smallest absolute Gasteiger partial charge is 0.0363 e. The van der Waals surface area contributed by atoms with Gasteiger partial charge >= 0.3 is 0 Å². The molecule has 0 heterocycles. The summed E-state index contributed by atoms with van der Waals surface area (Å²) in [7, 11) is 2.19. The number of nitrogens with one attached hydrogen (secondary N) is 1. The Kier molecular flexibility index (Phi) is 7.57. The highest BCUT2D eigenvalue weighted by molar-refractivity contribution is 5.46. The van der Waals surface area contributed by atoms with E-state index < -0.39 is 0 Å². The molecule has 0 aliphatic carbocycles. The van der Waals surface area contributed by atoms with Crippen molar-refractivity contribution in [2.24, 2.45) is 0 Å². The quantitative estimate of drug-likeness (QED) is 0.727. The van der Waals surface area contributed by atoms with Crippen molar-refractivity contribution in [3.8, 4) is 0 Å². The van der Waals surface area contributed by atoms with Gasteiger partial charge in [-0.25, -0.2) is 0 Å². The van der Waals surface area contributed by atoms with E-state index >= 15 is 0 Å². The number of benzene rings is 1. The zero-order chi connectivity index (χ0) is 14.1. The van der Waals surface area contributed by atoms with Crippen LogP contribution in [0, 0.1) is 0 Å². The standard InChI is InChI=1S/C17H30N2/c1-5-13-18-15(3)8-7-14-19(4)17-11-9-16(6-2)10-12-17/h9-12,15,18H,5-8,13-14H2,1-4H3. The van der Waals surface area contributed by atoms with E-state index in [0.717, 1.165) is 19.5 Å². The van der Waals surface area contributed by atoms with Gasteiger partial charge in [0.2, 0.25) is 0 Å². The van der Waals surface area contributed by atoms with Gasteiger partial charge in [0, 0.05) is 25.3 Å². The lowest BCUT2D eigenvalue weighted by Gasteiger charge is -2.21. The fraction of sp³-hybridized carbons (Fsp3) is 0.647. The van der Waals surface area contributed by atoms with Gasteiger partial charge in [0.1, 0.15) is 0 Å². The lowest BCUT2D eigenvalue weighted by molar-refractivity contribution is 0.499. The van der Waals surface area contributed by atoms with Crippen molar-refractivity contribution in [3.05, 3.63) is 29.8 Å². The Hall–Kier alpha value is -1.02. The molecule has 19 heavy (non-hydrogen) atoms. The van der Waals surface area contributed by atoms with Crippen LogP contribution in [0.4, 0.5) is 5.69 Å². The first-order valence-corrected chi connectivity index (χ1v) is 7.70. The molecule has 1 rings (SSSR count). The number of hydrogen-bond donors (Lipinski definition) is 1. The highest BCUT2D eigenvalue weighted by atomic mass is 15.1. The Morgan fingerprint density at radius 3 is 2.42 bits per heavy atom. The van der Waals surface area contributed by atoms with Crippen molar-refractivity contribution in [3.63, 3.8) is 0 Å². The predicted molar refractivity (Wildman–Crippen MR) is 86.1 cm³/mol. The van der Waals surface area contributed by atoms with Crippen LogP contribution < -0.4 is 10.2 Å². The normalized spacial score (nSPS) is 12.4. The van der Waals surface area contributed by atoms with Crippen LogP contribution in [0.1, 0.15) is 45.6 Å². The highest BCUT2D eigenvalue weighted by Gasteiger charge is 2.03. The van der Waals surface area contributed by atoms with Gasteiger partial charge in [0.25, 0.3) is 0 Å². The van der Waals surface area contributed by atoms with Crippen LogP contribution in [0.15, 0.2) is 24.3 Å². The Balaban J connectivity index is 2.28. The van der Waals surface area contributed by atoms with Gasteiger partial charge in [-0.15, -0.1) is 0 Å². The first kappa shape index (κ1) is 16.0. The van der Waals surface area contributed by atoms with E-state index in [1.807, 2.05) is 0 Å². The van der Waals surface area contributed by atoms with E-state index in [1.165, 1.54) is 30.5 Å². The monoisotopic (exact) mass is 262 g/mol. The highest BCUT2D eigenvalue weighted by Crippen LogP contribution is 2.15. The first-order valence-electron chi connectivity index (χ1n) is 7.70. The molecule has 2 heteroatoms. The number of anilines is 1. The Morgan fingerprint density at radius 2 is 1.84 bits per heavy atom. The van der Waals surface area contributed by atoms with E-state index in [9.17, 15) is 0 Å². The maximum Gasteiger partial charge on any atom is 0.0363 e. The van der Waals surface area contributed by atoms with E-state index in [2.05, 4.69) is 62.3 Å². The molecule has 0 bridgehead atoms. The van der Waals surface area contributed by atoms with Crippen LogP contribution in [-0.2, 0) is 6.42 Å². The zero-order valence-electron chi connectivity index (χ0n) is 13.1. The van der Waals surface area contributed by atoms with Gasteiger partial charge in [-0.2, -0.15) is 0 Å². The third-order valence-corrected chi connectivity index (χ3v) is 3.66. The average Bonchev–Trinajstić information content (AvgIpc) is 2.45. The van der Waals surface area contributed by atoms with Crippen molar-refractivity contribution in [2.75, 3.05) is 25.0 Å². The van der Waals surface area contributed by atoms with Crippen LogP contribution in [0.5, 0.6) is 0 Å². The first-order chi connectivity index (χ1) is 9.17. The van der Waals surface area contributed by atoms with Gasteiger partial charge in [-0.1, -0.05) is 26.0 Å². The molecule has 0 aromatic heterocycles. The third-order valence-electron chi connectivity index (χ3n) is 3.66. The molecule has 1 atom stereocenters. The van der Waals surface area contributed by atoms with Crippen LogP contribution >= 0.6 is 0 Å². The second kappa shape index (κ2) is 8.98. The second-order valence-electron chi connectivity index (χ2n) is 5.44. The summed E-state index contributed by atoms with van der Waals surface area (Å²) in [6.07, 6.45) is 4.82. The molecule has 0 aliphatic heterocycles. The summed E-state index contributed by atoms with van der Waals surface area (Å²) in [5, 5.41) is 3.54. The molecular formula is C17H30N2. The summed E-state index contributed by atoms with van der Waals surface area (Å²) >= 11 is 0. The van der Waals surface area contributed by atoms with Gasteiger partial charge in [-0.05, 0) is 56.8 Å². The number of nitrogens with zero attached hydrogens (tertiary/aromatic N) is 1. The predicted octanol–water partition coefficient (Wildman–Crippen LogP) is 3.85. The van der Waals surface area contributed by atoms with E-state index in [0.29, 0.717) is 6.04 Å². The largest absolute Gasteiger partial charge is 0.375 e. The molecule has 0 saturated heterocycles. The molecule has 0 spiro atoms. The summed E-state index contributed by atoms with van der Waals surface area (Å²) in [5.41, 5.74) is 2.74. The lowest BCUT2D eigenvalue weighted by atomic mass is 10.1. The molecule has 108 valence electrons. The third kappa shape index (κ3) is 6.11. The molecule has 0 fully saturated rings. The van der Waals surface area contributed by atoms with Gasteiger partial charge in [0.15, 0.2) is 0 Å². The van der Waals surface area contributed by atoms with Crippen molar-refractivity contribution in [1.82, 2.24) is 5.32 Å².